The summed E-state index contributed by atoms with van der Waals surface area (Å²) in [7, 11) is 0. The largest absolute Gasteiger partial charge is 0.511 e. The Labute approximate surface area is 173 Å². The third-order valence-electron chi connectivity index (χ3n) is 5.84. The number of aliphatic hydroxyl groups excluding tert-OH is 2. The lowest BCUT2D eigenvalue weighted by molar-refractivity contribution is -0.525. The Morgan fingerprint density at radius 3 is 2.14 bits per heavy atom. The molecule has 0 radical (unpaired) electrons. The number of carbonyl (C=O) groups excluding carboxylic acids is 1. The summed E-state index contributed by atoms with van der Waals surface area (Å²) in [5, 5.41) is 19.8. The molecule has 1 unspecified atom stereocenters. The molecule has 0 saturated heterocycles. The van der Waals surface area contributed by atoms with Gasteiger partial charge in [0.25, 0.3) is 0 Å². The molecule has 0 fully saturated rings. The molecule has 0 bridgehead atoms. The molecular formula is C24H31N2O3+. The van der Waals surface area contributed by atoms with Gasteiger partial charge in [-0.1, -0.05) is 24.3 Å². The number of ketones is 1. The van der Waals surface area contributed by atoms with Crippen LogP contribution >= 0.6 is 0 Å². The summed E-state index contributed by atoms with van der Waals surface area (Å²) in [6.45, 7) is 9.60. The quantitative estimate of drug-likeness (QED) is 0.664. The number of hydrogen-bond acceptors (Lipinski definition) is 4. The van der Waals surface area contributed by atoms with Gasteiger partial charge in [0.05, 0.1) is 11.5 Å². The lowest BCUT2D eigenvalue weighted by Crippen LogP contribution is -2.36. The fourth-order valence-corrected chi connectivity index (χ4v) is 4.12. The van der Waals surface area contributed by atoms with Crippen molar-refractivity contribution in [3.63, 3.8) is 0 Å². The van der Waals surface area contributed by atoms with E-state index in [-0.39, 0.29) is 24.1 Å². The first-order chi connectivity index (χ1) is 14.0. The maximum Gasteiger partial charge on any atom is 0.199 e. The van der Waals surface area contributed by atoms with Crippen LogP contribution < -0.4 is 4.90 Å². The molecule has 0 heterocycles. The van der Waals surface area contributed by atoms with Crippen LogP contribution in [0.2, 0.25) is 0 Å². The van der Waals surface area contributed by atoms with Crippen molar-refractivity contribution in [1.29, 1.82) is 0 Å². The highest BCUT2D eigenvalue weighted by Crippen LogP contribution is 2.42. The van der Waals surface area contributed by atoms with Crippen molar-refractivity contribution < 1.29 is 19.6 Å². The summed E-state index contributed by atoms with van der Waals surface area (Å²) in [4.78, 5) is 15.1. The number of aliphatic hydroxyl groups is 2. The van der Waals surface area contributed by atoms with E-state index in [2.05, 4.69) is 23.3 Å². The Morgan fingerprint density at radius 2 is 1.66 bits per heavy atom. The minimum atomic E-state index is -0.505. The van der Waals surface area contributed by atoms with Gasteiger partial charge in [-0.25, -0.2) is 4.58 Å². The monoisotopic (exact) mass is 395 g/mol. The molecule has 2 aliphatic rings. The smallest absolute Gasteiger partial charge is 0.199 e. The molecule has 0 aliphatic heterocycles. The van der Waals surface area contributed by atoms with E-state index in [1.807, 2.05) is 55.5 Å². The van der Waals surface area contributed by atoms with Crippen molar-refractivity contribution in [2.24, 2.45) is 11.8 Å². The van der Waals surface area contributed by atoms with E-state index in [4.69, 9.17) is 0 Å². The molecular weight excluding hydrogens is 364 g/mol. The van der Waals surface area contributed by atoms with E-state index in [9.17, 15) is 15.0 Å². The highest BCUT2D eigenvalue weighted by atomic mass is 16.3. The second-order valence-electron chi connectivity index (χ2n) is 7.35. The predicted octanol–water partition coefficient (Wildman–Crippen LogP) is 3.21. The Bertz CT molecular complexity index is 858. The predicted molar refractivity (Wildman–Crippen MR) is 118 cm³/mol. The maximum atomic E-state index is 12.8. The van der Waals surface area contributed by atoms with Gasteiger partial charge in [0, 0.05) is 36.8 Å². The molecule has 2 aliphatic carbocycles. The summed E-state index contributed by atoms with van der Waals surface area (Å²) < 4.78 is 2.07. The van der Waals surface area contributed by atoms with Crippen LogP contribution in [0.1, 0.15) is 26.3 Å². The lowest BCUT2D eigenvalue weighted by atomic mass is 9.71. The summed E-state index contributed by atoms with van der Waals surface area (Å²) in [6, 6.07) is 7.84. The van der Waals surface area contributed by atoms with Gasteiger partial charge in [0.2, 0.25) is 0 Å². The van der Waals surface area contributed by atoms with E-state index in [0.717, 1.165) is 36.6 Å². The van der Waals surface area contributed by atoms with Crippen molar-refractivity contribution in [2.75, 3.05) is 37.7 Å². The molecule has 1 aromatic rings. The van der Waals surface area contributed by atoms with Crippen LogP contribution in [0.4, 0.5) is 5.69 Å². The highest BCUT2D eigenvalue weighted by Gasteiger charge is 2.43. The minimum Gasteiger partial charge on any atom is -0.511 e. The van der Waals surface area contributed by atoms with Gasteiger partial charge >= 0.3 is 0 Å². The van der Waals surface area contributed by atoms with E-state index >= 15 is 0 Å². The lowest BCUT2D eigenvalue weighted by Gasteiger charge is -2.32. The Morgan fingerprint density at radius 1 is 1.03 bits per heavy atom. The van der Waals surface area contributed by atoms with E-state index < -0.39 is 5.92 Å². The Hall–Kier alpha value is -2.66. The first-order valence-electron chi connectivity index (χ1n) is 10.5. The molecule has 1 aromatic carbocycles. The summed E-state index contributed by atoms with van der Waals surface area (Å²) >= 11 is 0. The zero-order valence-corrected chi connectivity index (χ0v) is 17.5. The first kappa shape index (κ1) is 21.1. The van der Waals surface area contributed by atoms with Crippen molar-refractivity contribution >= 4 is 22.8 Å². The molecule has 29 heavy (non-hydrogen) atoms. The molecule has 2 N–H and O–H groups in total. The van der Waals surface area contributed by atoms with Crippen LogP contribution in [0, 0.1) is 11.8 Å². The number of Topliss-reactive ketones (excluding diaryl/α,β-unsaturated/α-hetero) is 1. The van der Waals surface area contributed by atoms with Gasteiger partial charge in [-0.15, -0.1) is 0 Å². The molecule has 0 aromatic heterocycles. The standard InChI is InChI=1S/C24H30N2O3/c1-4-25(5-2)19-11-7-17(8-12-19)21-23(28)22(24(21)29)18-9-13-20(14-10-18)26(6-3)15-16-27/h7-14,18,22,27H,4-6,15-16H2,1-3H3/p+1. The van der Waals surface area contributed by atoms with E-state index in [1.54, 1.807) is 0 Å². The van der Waals surface area contributed by atoms with Crippen molar-refractivity contribution in [2.45, 2.75) is 20.8 Å². The van der Waals surface area contributed by atoms with E-state index in [1.165, 1.54) is 0 Å². The fraction of sp³-hybridized carbons (Fsp3) is 0.417. The Kier molecular flexibility index (Phi) is 6.70. The number of likely N-dealkylation sites (N-methyl/N-ethyl adjacent to an activating group) is 1. The molecule has 5 nitrogen and oxygen atoms in total. The van der Waals surface area contributed by atoms with Crippen molar-refractivity contribution in [1.82, 2.24) is 0 Å². The molecule has 154 valence electrons. The van der Waals surface area contributed by atoms with Crippen LogP contribution in [0.15, 0.2) is 54.3 Å². The summed E-state index contributed by atoms with van der Waals surface area (Å²) in [6.07, 6.45) is 7.88. The number of nitrogens with zero attached hydrogens (tertiary/aromatic N) is 2. The number of allylic oxidation sites excluding steroid dienone is 6. The number of anilines is 1. The van der Waals surface area contributed by atoms with Crippen LogP contribution in [-0.4, -0.2) is 59.1 Å². The van der Waals surface area contributed by atoms with Gasteiger partial charge in [-0.3, -0.25) is 4.79 Å². The van der Waals surface area contributed by atoms with E-state index in [0.29, 0.717) is 12.1 Å². The third kappa shape index (κ3) is 4.06. The van der Waals surface area contributed by atoms with Gasteiger partial charge in [-0.2, -0.15) is 0 Å². The zero-order valence-electron chi connectivity index (χ0n) is 17.5. The average Bonchev–Trinajstić information content (AvgIpc) is 2.75. The fourth-order valence-electron chi connectivity index (χ4n) is 4.12. The number of hydrogen-bond donors (Lipinski definition) is 2. The Balaban J connectivity index is 1.77. The molecule has 1 atom stereocenters. The highest BCUT2D eigenvalue weighted by molar-refractivity contribution is 6.30. The molecule has 5 heteroatoms. The van der Waals surface area contributed by atoms with Crippen molar-refractivity contribution in [3.05, 3.63) is 59.9 Å². The second-order valence-corrected chi connectivity index (χ2v) is 7.35. The molecule has 0 amide bonds. The summed E-state index contributed by atoms with van der Waals surface area (Å²) in [5.41, 5.74) is 3.34. The minimum absolute atomic E-state index is 0.0106. The van der Waals surface area contributed by atoms with Crippen LogP contribution in [0.3, 0.4) is 0 Å². The number of carbonyl (C=O) groups is 1. The van der Waals surface area contributed by atoms with Crippen LogP contribution in [-0.2, 0) is 4.79 Å². The SMILES string of the molecule is CCN(CC)c1ccc(C2=C(O)C(C3C=CC(=[N+](CC)CCO)C=C3)C2=O)cc1. The average molecular weight is 396 g/mol. The molecule has 0 spiro atoms. The first-order valence-corrected chi connectivity index (χ1v) is 10.5. The molecule has 3 rings (SSSR count). The number of benzene rings is 1. The van der Waals surface area contributed by atoms with Gasteiger partial charge in [0.1, 0.15) is 18.9 Å². The van der Waals surface area contributed by atoms with Crippen molar-refractivity contribution in [3.8, 4) is 0 Å². The third-order valence-corrected chi connectivity index (χ3v) is 5.84. The summed E-state index contributed by atoms with van der Waals surface area (Å²) in [5.74, 6) is -0.480. The second kappa shape index (κ2) is 9.23. The maximum absolute atomic E-state index is 12.8. The number of rotatable bonds is 8. The van der Waals surface area contributed by atoms with Crippen LogP contribution in [0.5, 0.6) is 0 Å². The molecule has 0 saturated carbocycles. The van der Waals surface area contributed by atoms with Gasteiger partial charge < -0.3 is 15.1 Å². The van der Waals surface area contributed by atoms with Crippen LogP contribution in [0.25, 0.3) is 5.57 Å². The normalized spacial score (nSPS) is 20.8. The van der Waals surface area contributed by atoms with Gasteiger partial charge in [0.15, 0.2) is 18.0 Å². The topological polar surface area (TPSA) is 63.8 Å². The zero-order chi connectivity index (χ0) is 21.0. The van der Waals surface area contributed by atoms with Gasteiger partial charge in [-0.05, 0) is 38.5 Å².